The number of piperazine rings is 1. The van der Waals surface area contributed by atoms with Crippen LogP contribution in [0.15, 0.2) is 60.7 Å². The zero-order chi connectivity index (χ0) is 42.0. The lowest BCUT2D eigenvalue weighted by molar-refractivity contribution is -0.164. The van der Waals surface area contributed by atoms with Crippen LogP contribution in [0.2, 0.25) is 5.02 Å². The van der Waals surface area contributed by atoms with Gasteiger partial charge < -0.3 is 30.3 Å². The van der Waals surface area contributed by atoms with Gasteiger partial charge in [-0.25, -0.2) is 0 Å². The Morgan fingerprint density at radius 3 is 2.17 bits per heavy atom. The van der Waals surface area contributed by atoms with E-state index < -0.39 is 35.4 Å². The Hall–Kier alpha value is -5.67. The fourth-order valence-electron chi connectivity index (χ4n) is 10.1. The van der Waals surface area contributed by atoms with Crippen LogP contribution < -0.4 is 25.2 Å². The topological polar surface area (TPSA) is 182 Å². The molecule has 0 bridgehead atoms. The smallest absolute Gasteiger partial charge is 0.262 e. The van der Waals surface area contributed by atoms with Gasteiger partial charge in [0.05, 0.1) is 27.8 Å². The molecule has 3 aromatic rings. The van der Waals surface area contributed by atoms with E-state index in [0.717, 1.165) is 42.5 Å². The highest BCUT2D eigenvalue weighted by molar-refractivity contribution is 6.31. The Balaban J connectivity index is 0.822. The number of hydrogen-bond donors (Lipinski definition) is 3. The number of nitriles is 2. The molecule has 14 nitrogen and oxygen atoms in total. The lowest BCUT2D eigenvalue weighted by atomic mass is 9.49. The molecule has 4 fully saturated rings. The van der Waals surface area contributed by atoms with Crippen molar-refractivity contribution in [2.75, 3.05) is 55.6 Å². The molecule has 4 aliphatic heterocycles. The molecular formula is C44H47ClN8O6. The van der Waals surface area contributed by atoms with E-state index >= 15 is 0 Å². The van der Waals surface area contributed by atoms with E-state index in [-0.39, 0.29) is 52.9 Å². The SMILES string of the molecule is CC1(C)[C@H](NC(=O)c2ccc(N3CCN(CC4(C#N)CN(c5ccc6c(c5)C(=O)N(C5CCC(O)NC5=O)C6=O)C4)CC3)cc2)C(C)(C)[C@H]1Oc1ccc(C#N)c(Cl)c1. The van der Waals surface area contributed by atoms with E-state index in [0.29, 0.717) is 41.5 Å². The summed E-state index contributed by atoms with van der Waals surface area (Å²) in [5.41, 5.74) is 1.86. The third kappa shape index (κ3) is 7.03. The minimum Gasteiger partial charge on any atom is -0.489 e. The van der Waals surface area contributed by atoms with E-state index in [1.165, 1.54) is 0 Å². The normalized spacial score (nSPS) is 25.5. The predicted octanol–water partition coefficient (Wildman–Crippen LogP) is 4.17. The van der Waals surface area contributed by atoms with Crippen molar-refractivity contribution < 1.29 is 29.0 Å². The summed E-state index contributed by atoms with van der Waals surface area (Å²) in [5.74, 6) is -1.16. The minimum atomic E-state index is -0.990. The van der Waals surface area contributed by atoms with Crippen LogP contribution in [0.25, 0.3) is 0 Å². The van der Waals surface area contributed by atoms with E-state index in [1.807, 2.05) is 29.2 Å². The zero-order valence-corrected chi connectivity index (χ0v) is 34.3. The monoisotopic (exact) mass is 818 g/mol. The first-order chi connectivity index (χ1) is 28.0. The van der Waals surface area contributed by atoms with Crippen molar-refractivity contribution >= 4 is 46.6 Å². The number of aliphatic hydroxyl groups is 1. The Bertz CT molecular complexity index is 2290. The molecule has 1 saturated carbocycles. The summed E-state index contributed by atoms with van der Waals surface area (Å²) >= 11 is 6.25. The van der Waals surface area contributed by atoms with E-state index in [2.05, 4.69) is 60.3 Å². The van der Waals surface area contributed by atoms with Crippen LogP contribution in [0.4, 0.5) is 11.4 Å². The van der Waals surface area contributed by atoms with E-state index in [9.17, 15) is 34.8 Å². The van der Waals surface area contributed by atoms with E-state index in [1.54, 1.807) is 36.4 Å². The van der Waals surface area contributed by atoms with Gasteiger partial charge in [-0.3, -0.25) is 29.0 Å². The van der Waals surface area contributed by atoms with Crippen molar-refractivity contribution in [3.63, 3.8) is 0 Å². The molecule has 0 radical (unpaired) electrons. The fourth-order valence-corrected chi connectivity index (χ4v) is 10.3. The number of nitrogens with one attached hydrogen (secondary N) is 2. The molecule has 15 heteroatoms. The number of halogens is 1. The average molecular weight is 819 g/mol. The molecule has 3 saturated heterocycles. The first-order valence-electron chi connectivity index (χ1n) is 20.0. The van der Waals surface area contributed by atoms with E-state index in [4.69, 9.17) is 16.3 Å². The number of rotatable bonds is 9. The number of amides is 4. The second-order valence-electron chi connectivity index (χ2n) is 17.7. The zero-order valence-electron chi connectivity index (χ0n) is 33.5. The van der Waals surface area contributed by atoms with Crippen LogP contribution in [-0.4, -0.2) is 109 Å². The Labute approximate surface area is 348 Å². The van der Waals surface area contributed by atoms with Crippen molar-refractivity contribution in [1.82, 2.24) is 20.4 Å². The maximum Gasteiger partial charge on any atom is 0.262 e. The van der Waals surface area contributed by atoms with Crippen LogP contribution in [0.3, 0.4) is 0 Å². The number of nitrogens with zero attached hydrogens (tertiary/aromatic N) is 6. The number of ether oxygens (including phenoxy) is 1. The molecule has 2 unspecified atom stereocenters. The van der Waals surface area contributed by atoms with Crippen LogP contribution in [-0.2, 0) is 4.79 Å². The van der Waals surface area contributed by atoms with Crippen molar-refractivity contribution in [3.8, 4) is 17.9 Å². The number of imide groups is 1. The molecule has 0 spiro atoms. The number of hydrogen-bond acceptors (Lipinski definition) is 11. The van der Waals surface area contributed by atoms with Crippen molar-refractivity contribution in [2.45, 2.75) is 65.0 Å². The molecular weight excluding hydrogens is 772 g/mol. The number of fused-ring (bicyclic) bond motifs is 1. The van der Waals surface area contributed by atoms with Crippen LogP contribution >= 0.6 is 11.6 Å². The summed E-state index contributed by atoms with van der Waals surface area (Å²) in [6.07, 6.45) is -0.751. The quantitative estimate of drug-likeness (QED) is 0.264. The Kier molecular flexibility index (Phi) is 10.1. The second kappa shape index (κ2) is 14.9. The van der Waals surface area contributed by atoms with Gasteiger partial charge in [0.2, 0.25) is 5.91 Å². The van der Waals surface area contributed by atoms with Crippen LogP contribution in [0, 0.1) is 38.9 Å². The maximum atomic E-state index is 13.5. The standard InChI is InChI=1S/C44H47ClN8O6/c1-42(2)40(43(3,4)41(42)59-30-11-7-27(21-46)33(45)20-30)49-36(55)26-5-8-28(9-6-26)51-17-15-50(16-18-51)23-44(22-47)24-52(25-44)29-10-12-31-32(19-29)39(58)53(38(31)57)34-13-14-35(54)48-37(34)56/h5-12,19-20,34-35,40-41,54H,13-18,23-25H2,1-4H3,(H,48,56)(H,49,55)/t34?,35?,40-,41-. The largest absolute Gasteiger partial charge is 0.489 e. The summed E-state index contributed by atoms with van der Waals surface area (Å²) in [5, 5.41) is 35.3. The summed E-state index contributed by atoms with van der Waals surface area (Å²) in [6.45, 7) is 12.9. The number of aliphatic hydroxyl groups excluding tert-OH is 1. The van der Waals surface area contributed by atoms with Gasteiger partial charge in [-0.1, -0.05) is 39.3 Å². The average Bonchev–Trinajstić information content (AvgIpc) is 3.45. The third-order valence-electron chi connectivity index (χ3n) is 13.0. The minimum absolute atomic E-state index is 0.152. The molecule has 59 heavy (non-hydrogen) atoms. The molecule has 2 atom stereocenters. The van der Waals surface area contributed by atoms with Crippen molar-refractivity contribution in [1.29, 1.82) is 10.5 Å². The van der Waals surface area contributed by atoms with Crippen molar-refractivity contribution in [3.05, 3.63) is 87.9 Å². The maximum absolute atomic E-state index is 13.5. The van der Waals surface area contributed by atoms with Gasteiger partial charge in [-0.05, 0) is 67.4 Å². The summed E-state index contributed by atoms with van der Waals surface area (Å²) in [6, 6.07) is 21.3. The number of piperidine rings is 1. The number of anilines is 2. The third-order valence-corrected chi connectivity index (χ3v) is 13.3. The predicted molar refractivity (Wildman–Crippen MR) is 219 cm³/mol. The highest BCUT2D eigenvalue weighted by Crippen LogP contribution is 2.55. The van der Waals surface area contributed by atoms with Gasteiger partial charge in [-0.15, -0.1) is 0 Å². The molecule has 3 N–H and O–H groups in total. The highest BCUT2D eigenvalue weighted by Gasteiger charge is 2.64. The molecule has 5 aliphatic rings. The van der Waals surface area contributed by atoms with Gasteiger partial charge >= 0.3 is 0 Å². The fraction of sp³-hybridized carbons (Fsp3) is 0.455. The van der Waals surface area contributed by atoms with Crippen molar-refractivity contribution in [2.24, 2.45) is 16.2 Å². The Morgan fingerprint density at radius 1 is 0.881 bits per heavy atom. The molecule has 1 aliphatic carbocycles. The number of carbonyl (C=O) groups excluding carboxylic acids is 4. The number of carbonyl (C=O) groups is 4. The van der Waals surface area contributed by atoms with Gasteiger partial charge in [0.25, 0.3) is 17.7 Å². The molecule has 3 aromatic carbocycles. The van der Waals surface area contributed by atoms with Crippen LogP contribution in [0.1, 0.15) is 77.2 Å². The molecule has 4 amide bonds. The van der Waals surface area contributed by atoms with Gasteiger partial charge in [-0.2, -0.15) is 10.5 Å². The first-order valence-corrected chi connectivity index (χ1v) is 20.3. The first kappa shape index (κ1) is 40.1. The lowest BCUT2D eigenvalue weighted by Gasteiger charge is -2.63. The Morgan fingerprint density at radius 2 is 1.54 bits per heavy atom. The second-order valence-corrected chi connectivity index (χ2v) is 18.1. The van der Waals surface area contributed by atoms with Gasteiger partial charge in [0.1, 0.15) is 35.6 Å². The molecule has 306 valence electrons. The number of benzene rings is 3. The summed E-state index contributed by atoms with van der Waals surface area (Å²) in [7, 11) is 0. The summed E-state index contributed by atoms with van der Waals surface area (Å²) < 4.78 is 6.37. The van der Waals surface area contributed by atoms with Gasteiger partial charge in [0.15, 0.2) is 0 Å². The highest BCUT2D eigenvalue weighted by atomic mass is 35.5. The molecule has 0 aromatic heterocycles. The van der Waals surface area contributed by atoms with Gasteiger partial charge in [0, 0.05) is 85.7 Å². The van der Waals surface area contributed by atoms with Crippen LogP contribution in [0.5, 0.6) is 5.75 Å². The molecule has 4 heterocycles. The lowest BCUT2D eigenvalue weighted by Crippen LogP contribution is -2.74. The molecule has 8 rings (SSSR count). The summed E-state index contributed by atoms with van der Waals surface area (Å²) in [4.78, 5) is 60.2.